The zero-order chi connectivity index (χ0) is 14.4. The van der Waals surface area contributed by atoms with Gasteiger partial charge in [0.05, 0.1) is 12.6 Å². The molecule has 2 N–H and O–H groups in total. The maximum Gasteiger partial charge on any atom is 0.239 e. The van der Waals surface area contributed by atoms with Gasteiger partial charge < -0.3 is 15.4 Å². The van der Waals surface area contributed by atoms with E-state index in [0.717, 1.165) is 38.1 Å². The number of hydrogen-bond donors (Lipinski definition) is 1. The van der Waals surface area contributed by atoms with Crippen molar-refractivity contribution in [2.24, 2.45) is 11.7 Å². The highest BCUT2D eigenvalue weighted by atomic mass is 35.5. The molecule has 1 heterocycles. The number of nitrogens with two attached hydrogens (primary N) is 1. The molecule has 0 radical (unpaired) electrons. The van der Waals surface area contributed by atoms with Crippen molar-refractivity contribution in [2.75, 3.05) is 26.8 Å². The van der Waals surface area contributed by atoms with E-state index in [4.69, 9.17) is 10.5 Å². The highest BCUT2D eigenvalue weighted by molar-refractivity contribution is 5.85. The van der Waals surface area contributed by atoms with E-state index >= 15 is 0 Å². The summed E-state index contributed by atoms with van der Waals surface area (Å²) in [4.78, 5) is 14.3. The third kappa shape index (κ3) is 5.30. The van der Waals surface area contributed by atoms with Gasteiger partial charge in [-0.15, -0.1) is 12.4 Å². The summed E-state index contributed by atoms with van der Waals surface area (Å²) in [5.74, 6) is 0.510. The second-order valence-electron chi connectivity index (χ2n) is 5.54. The van der Waals surface area contributed by atoms with Gasteiger partial charge in [0, 0.05) is 20.2 Å². The third-order valence-electron chi connectivity index (χ3n) is 3.85. The Kier molecular flexibility index (Phi) is 7.72. The van der Waals surface area contributed by atoms with E-state index in [1.54, 1.807) is 7.11 Å². The minimum Gasteiger partial charge on any atom is -0.384 e. The van der Waals surface area contributed by atoms with Gasteiger partial charge in [-0.05, 0) is 30.7 Å². The molecule has 1 amide bonds. The van der Waals surface area contributed by atoms with Crippen molar-refractivity contribution in [1.82, 2.24) is 4.90 Å². The molecule has 1 fully saturated rings. The number of hydrogen-bond acceptors (Lipinski definition) is 3. The van der Waals surface area contributed by atoms with Gasteiger partial charge in [0.2, 0.25) is 5.91 Å². The first-order valence-corrected chi connectivity index (χ1v) is 7.28. The van der Waals surface area contributed by atoms with Gasteiger partial charge in [-0.25, -0.2) is 0 Å². The molecule has 118 valence electrons. The lowest BCUT2D eigenvalue weighted by atomic mass is 9.97. The highest BCUT2D eigenvalue weighted by Gasteiger charge is 2.27. The van der Waals surface area contributed by atoms with Crippen LogP contribution in [0.15, 0.2) is 30.3 Å². The van der Waals surface area contributed by atoms with E-state index in [1.807, 2.05) is 35.2 Å². The first-order chi connectivity index (χ1) is 9.70. The predicted octanol–water partition coefficient (Wildman–Crippen LogP) is 1.86. The van der Waals surface area contributed by atoms with Crippen LogP contribution >= 0.6 is 12.4 Å². The molecule has 2 rings (SSSR count). The maximum absolute atomic E-state index is 12.4. The van der Waals surface area contributed by atoms with Gasteiger partial charge in [-0.1, -0.05) is 30.3 Å². The molecule has 1 aromatic rings. The summed E-state index contributed by atoms with van der Waals surface area (Å²) in [7, 11) is 1.71. The van der Waals surface area contributed by atoms with Crippen molar-refractivity contribution in [3.05, 3.63) is 35.9 Å². The van der Waals surface area contributed by atoms with Crippen LogP contribution in [0, 0.1) is 5.92 Å². The Labute approximate surface area is 133 Å². The van der Waals surface area contributed by atoms with Crippen molar-refractivity contribution < 1.29 is 9.53 Å². The van der Waals surface area contributed by atoms with Gasteiger partial charge in [0.25, 0.3) is 0 Å². The second kappa shape index (κ2) is 9.03. The van der Waals surface area contributed by atoms with E-state index in [2.05, 4.69) is 0 Å². The average Bonchev–Trinajstić information content (AvgIpc) is 2.48. The lowest BCUT2D eigenvalue weighted by Gasteiger charge is -2.34. The SMILES string of the molecule is COCC1CCCN(C(=O)C(N)Cc2ccccc2)C1.Cl. The number of likely N-dealkylation sites (tertiary alicyclic amines) is 1. The minimum atomic E-state index is -0.446. The van der Waals surface area contributed by atoms with E-state index in [9.17, 15) is 4.79 Å². The predicted molar refractivity (Wildman–Crippen MR) is 86.5 cm³/mol. The first-order valence-electron chi connectivity index (χ1n) is 7.28. The molecule has 21 heavy (non-hydrogen) atoms. The van der Waals surface area contributed by atoms with Gasteiger partial charge in [-0.3, -0.25) is 4.79 Å². The molecule has 0 spiro atoms. The number of halogens is 1. The topological polar surface area (TPSA) is 55.6 Å². The summed E-state index contributed by atoms with van der Waals surface area (Å²) in [5, 5.41) is 0. The highest BCUT2D eigenvalue weighted by Crippen LogP contribution is 2.17. The molecule has 1 aliphatic rings. The van der Waals surface area contributed by atoms with Gasteiger partial charge in [0.1, 0.15) is 0 Å². The summed E-state index contributed by atoms with van der Waals surface area (Å²) in [5.41, 5.74) is 7.19. The first kappa shape index (κ1) is 18.0. The molecule has 0 bridgehead atoms. The maximum atomic E-state index is 12.4. The lowest BCUT2D eigenvalue weighted by molar-refractivity contribution is -0.134. The molecule has 1 aromatic carbocycles. The molecule has 2 unspecified atom stereocenters. The normalized spacial score (nSPS) is 19.7. The minimum absolute atomic E-state index is 0. The smallest absolute Gasteiger partial charge is 0.239 e. The van der Waals surface area contributed by atoms with E-state index in [-0.39, 0.29) is 18.3 Å². The van der Waals surface area contributed by atoms with Crippen LogP contribution in [-0.4, -0.2) is 43.7 Å². The van der Waals surface area contributed by atoms with Gasteiger partial charge in [-0.2, -0.15) is 0 Å². The van der Waals surface area contributed by atoms with Crippen LogP contribution in [0.5, 0.6) is 0 Å². The molecule has 2 atom stereocenters. The zero-order valence-corrected chi connectivity index (χ0v) is 13.3. The van der Waals surface area contributed by atoms with Crippen LogP contribution in [0.3, 0.4) is 0 Å². The number of amides is 1. The van der Waals surface area contributed by atoms with Crippen molar-refractivity contribution >= 4 is 18.3 Å². The number of methoxy groups -OCH3 is 1. The molecule has 4 nitrogen and oxygen atoms in total. The van der Waals surface area contributed by atoms with Crippen molar-refractivity contribution in [2.45, 2.75) is 25.3 Å². The molecule has 0 saturated carbocycles. The van der Waals surface area contributed by atoms with Crippen molar-refractivity contribution in [1.29, 1.82) is 0 Å². The Morgan fingerprint density at radius 2 is 2.14 bits per heavy atom. The Balaban J connectivity index is 0.00000220. The van der Waals surface area contributed by atoms with Gasteiger partial charge in [0.15, 0.2) is 0 Å². The average molecular weight is 313 g/mol. The molecule has 5 heteroatoms. The van der Waals surface area contributed by atoms with Crippen LogP contribution in [0.1, 0.15) is 18.4 Å². The quantitative estimate of drug-likeness (QED) is 0.903. The standard InChI is InChI=1S/C16H24N2O2.ClH/c1-20-12-14-8-5-9-18(11-14)16(19)15(17)10-13-6-3-2-4-7-13;/h2-4,6-7,14-15H,5,8-12,17H2,1H3;1H. The van der Waals surface area contributed by atoms with Crippen LogP contribution in [-0.2, 0) is 16.0 Å². The van der Waals surface area contributed by atoms with Crippen LogP contribution in [0.25, 0.3) is 0 Å². The largest absolute Gasteiger partial charge is 0.384 e. The zero-order valence-electron chi connectivity index (χ0n) is 12.5. The number of rotatable bonds is 5. The van der Waals surface area contributed by atoms with Crippen LogP contribution < -0.4 is 5.73 Å². The Morgan fingerprint density at radius 1 is 1.43 bits per heavy atom. The van der Waals surface area contributed by atoms with Crippen molar-refractivity contribution in [3.8, 4) is 0 Å². The van der Waals surface area contributed by atoms with E-state index in [1.165, 1.54) is 0 Å². The second-order valence-corrected chi connectivity index (χ2v) is 5.54. The van der Waals surface area contributed by atoms with Gasteiger partial charge >= 0.3 is 0 Å². The van der Waals surface area contributed by atoms with Crippen LogP contribution in [0.2, 0.25) is 0 Å². The van der Waals surface area contributed by atoms with Crippen molar-refractivity contribution in [3.63, 3.8) is 0 Å². The fraction of sp³-hybridized carbons (Fsp3) is 0.562. The number of nitrogens with zero attached hydrogens (tertiary/aromatic N) is 1. The van der Waals surface area contributed by atoms with Crippen LogP contribution in [0.4, 0.5) is 0 Å². The van der Waals surface area contributed by atoms with E-state index < -0.39 is 6.04 Å². The fourth-order valence-corrected chi connectivity index (χ4v) is 2.83. The van der Waals surface area contributed by atoms with E-state index in [0.29, 0.717) is 12.3 Å². The number of benzene rings is 1. The molecular weight excluding hydrogens is 288 g/mol. The Bertz CT molecular complexity index is 426. The molecular formula is C16H25ClN2O2. The third-order valence-corrected chi connectivity index (χ3v) is 3.85. The lowest BCUT2D eigenvalue weighted by Crippen LogP contribution is -2.49. The number of carbonyl (C=O) groups excluding carboxylic acids is 1. The summed E-state index contributed by atoms with van der Waals surface area (Å²) in [6.45, 7) is 2.31. The number of ether oxygens (including phenoxy) is 1. The fourth-order valence-electron chi connectivity index (χ4n) is 2.83. The molecule has 0 aliphatic carbocycles. The summed E-state index contributed by atoms with van der Waals surface area (Å²) >= 11 is 0. The molecule has 1 aliphatic heterocycles. The Hall–Kier alpha value is -1.10. The Morgan fingerprint density at radius 3 is 2.81 bits per heavy atom. The number of carbonyl (C=O) groups is 1. The summed E-state index contributed by atoms with van der Waals surface area (Å²) in [6, 6.07) is 9.49. The molecule has 0 aromatic heterocycles. The summed E-state index contributed by atoms with van der Waals surface area (Å²) < 4.78 is 5.20. The molecule has 1 saturated heterocycles. The monoisotopic (exact) mass is 312 g/mol. The number of piperidine rings is 1. The summed E-state index contributed by atoms with van der Waals surface area (Å²) in [6.07, 6.45) is 2.77.